The van der Waals surface area contributed by atoms with Crippen molar-refractivity contribution in [1.82, 2.24) is 5.32 Å². The van der Waals surface area contributed by atoms with Crippen molar-refractivity contribution in [2.45, 2.75) is 6.04 Å². The van der Waals surface area contributed by atoms with Crippen LogP contribution in [0.15, 0.2) is 72.1 Å². The van der Waals surface area contributed by atoms with Crippen molar-refractivity contribution in [3.63, 3.8) is 0 Å². The summed E-state index contributed by atoms with van der Waals surface area (Å²) in [5, 5.41) is 15.6. The highest BCUT2D eigenvalue weighted by atomic mass is 32.1. The molecular formula is C19H16N2O4S. The van der Waals surface area contributed by atoms with Gasteiger partial charge in [0, 0.05) is 17.0 Å². The van der Waals surface area contributed by atoms with Crippen molar-refractivity contribution in [2.24, 2.45) is 0 Å². The Bertz CT molecular complexity index is 864. The van der Waals surface area contributed by atoms with Gasteiger partial charge in [0.15, 0.2) is 6.61 Å². The van der Waals surface area contributed by atoms with Gasteiger partial charge in [-0.25, -0.2) is 0 Å². The summed E-state index contributed by atoms with van der Waals surface area (Å²) in [5.41, 5.74) is 0.960. The van der Waals surface area contributed by atoms with E-state index in [9.17, 15) is 14.9 Å². The predicted molar refractivity (Wildman–Crippen MR) is 99.3 cm³/mol. The van der Waals surface area contributed by atoms with Crippen LogP contribution in [0.4, 0.5) is 5.69 Å². The van der Waals surface area contributed by atoms with Gasteiger partial charge in [-0.05, 0) is 29.1 Å². The maximum atomic E-state index is 12.3. The van der Waals surface area contributed by atoms with Gasteiger partial charge in [0.25, 0.3) is 11.6 Å². The Morgan fingerprint density at radius 3 is 2.42 bits per heavy atom. The molecule has 0 unspecified atom stereocenters. The number of amides is 1. The molecule has 0 radical (unpaired) electrons. The van der Waals surface area contributed by atoms with Crippen LogP contribution in [-0.2, 0) is 4.79 Å². The van der Waals surface area contributed by atoms with E-state index in [0.717, 1.165) is 10.4 Å². The molecule has 2 aromatic carbocycles. The first-order valence-electron chi connectivity index (χ1n) is 7.88. The number of rotatable bonds is 7. The summed E-state index contributed by atoms with van der Waals surface area (Å²) in [6, 6.07) is 19.0. The van der Waals surface area contributed by atoms with Crippen LogP contribution < -0.4 is 10.1 Å². The Morgan fingerprint density at radius 2 is 1.81 bits per heavy atom. The summed E-state index contributed by atoms with van der Waals surface area (Å²) in [7, 11) is 0. The fourth-order valence-corrected chi connectivity index (χ4v) is 3.24. The second kappa shape index (κ2) is 8.26. The number of carbonyl (C=O) groups excluding carboxylic acids is 1. The van der Waals surface area contributed by atoms with E-state index in [1.165, 1.54) is 24.3 Å². The molecule has 0 saturated heterocycles. The molecule has 1 aromatic heterocycles. The molecule has 6 nitrogen and oxygen atoms in total. The molecule has 0 bridgehead atoms. The maximum Gasteiger partial charge on any atom is 0.269 e. The van der Waals surface area contributed by atoms with Crippen LogP contribution in [0.3, 0.4) is 0 Å². The Hall–Kier alpha value is -3.19. The number of hydrogen-bond donors (Lipinski definition) is 1. The highest BCUT2D eigenvalue weighted by Crippen LogP contribution is 2.26. The number of benzene rings is 2. The van der Waals surface area contributed by atoms with Gasteiger partial charge in [-0.15, -0.1) is 11.3 Å². The molecule has 1 N–H and O–H groups in total. The van der Waals surface area contributed by atoms with E-state index in [4.69, 9.17) is 4.74 Å². The Balaban J connectivity index is 1.64. The molecule has 132 valence electrons. The standard InChI is InChI=1S/C19H16N2O4S/c22-18(13-25-16-10-8-15(9-11-16)21(23)24)20-19(17-7-4-12-26-17)14-5-2-1-3-6-14/h1-12,19H,13H2,(H,20,22)/t19-/m0/s1. The minimum atomic E-state index is -0.484. The number of nitro groups is 1. The van der Waals surface area contributed by atoms with E-state index in [0.29, 0.717) is 5.75 Å². The molecular weight excluding hydrogens is 352 g/mol. The molecule has 0 aliphatic rings. The molecule has 0 fully saturated rings. The van der Waals surface area contributed by atoms with Crippen molar-refractivity contribution in [1.29, 1.82) is 0 Å². The summed E-state index contributed by atoms with van der Waals surface area (Å²) >= 11 is 1.57. The average molecular weight is 368 g/mol. The molecule has 3 rings (SSSR count). The second-order valence-corrected chi connectivity index (χ2v) is 6.45. The Labute approximate surface area is 154 Å². The lowest BCUT2D eigenvalue weighted by Gasteiger charge is -2.18. The summed E-state index contributed by atoms with van der Waals surface area (Å²) in [6.07, 6.45) is 0. The minimum absolute atomic E-state index is 0.0244. The SMILES string of the molecule is O=C(COc1ccc([N+](=O)[O-])cc1)N[C@@H](c1ccccc1)c1cccs1. The van der Waals surface area contributed by atoms with E-state index >= 15 is 0 Å². The molecule has 1 atom stereocenters. The number of carbonyl (C=O) groups is 1. The van der Waals surface area contributed by atoms with Gasteiger partial charge in [-0.1, -0.05) is 36.4 Å². The summed E-state index contributed by atoms with van der Waals surface area (Å²) in [5.74, 6) is 0.128. The van der Waals surface area contributed by atoms with Gasteiger partial charge >= 0.3 is 0 Å². The first-order chi connectivity index (χ1) is 12.6. The van der Waals surface area contributed by atoms with Crippen LogP contribution in [0.1, 0.15) is 16.5 Å². The van der Waals surface area contributed by atoms with Crippen LogP contribution in [0.25, 0.3) is 0 Å². The molecule has 0 aliphatic heterocycles. The molecule has 0 saturated carbocycles. The predicted octanol–water partition coefficient (Wildman–Crippen LogP) is 3.94. The van der Waals surface area contributed by atoms with Crippen LogP contribution in [0.2, 0.25) is 0 Å². The number of non-ortho nitro benzene ring substituents is 1. The third-order valence-corrected chi connectivity index (χ3v) is 4.62. The van der Waals surface area contributed by atoms with Gasteiger partial charge < -0.3 is 10.1 Å². The van der Waals surface area contributed by atoms with E-state index in [1.54, 1.807) is 11.3 Å². The minimum Gasteiger partial charge on any atom is -0.484 e. The lowest BCUT2D eigenvalue weighted by atomic mass is 10.1. The van der Waals surface area contributed by atoms with Crippen LogP contribution in [0.5, 0.6) is 5.75 Å². The molecule has 0 spiro atoms. The highest BCUT2D eigenvalue weighted by molar-refractivity contribution is 7.10. The highest BCUT2D eigenvalue weighted by Gasteiger charge is 2.18. The van der Waals surface area contributed by atoms with Crippen molar-refractivity contribution in [3.8, 4) is 5.75 Å². The molecule has 1 heterocycles. The zero-order valence-corrected chi connectivity index (χ0v) is 14.5. The summed E-state index contributed by atoms with van der Waals surface area (Å²) < 4.78 is 5.43. The smallest absolute Gasteiger partial charge is 0.269 e. The molecule has 7 heteroatoms. The first kappa shape index (κ1) is 17.6. The van der Waals surface area contributed by atoms with Crippen LogP contribution in [-0.4, -0.2) is 17.4 Å². The van der Waals surface area contributed by atoms with Gasteiger partial charge in [0.2, 0.25) is 0 Å². The van der Waals surface area contributed by atoms with Gasteiger partial charge in [0.05, 0.1) is 11.0 Å². The van der Waals surface area contributed by atoms with E-state index < -0.39 is 4.92 Å². The number of hydrogen-bond acceptors (Lipinski definition) is 5. The number of nitrogens with zero attached hydrogens (tertiary/aromatic N) is 1. The van der Waals surface area contributed by atoms with Crippen LogP contribution in [0, 0.1) is 10.1 Å². The Kier molecular flexibility index (Phi) is 5.60. The maximum absolute atomic E-state index is 12.3. The van der Waals surface area contributed by atoms with E-state index in [1.807, 2.05) is 47.8 Å². The molecule has 26 heavy (non-hydrogen) atoms. The molecule has 1 amide bonds. The van der Waals surface area contributed by atoms with Crippen molar-refractivity contribution >= 4 is 22.9 Å². The summed E-state index contributed by atoms with van der Waals surface area (Å²) in [6.45, 7) is -0.174. The topological polar surface area (TPSA) is 81.5 Å². The van der Waals surface area contributed by atoms with Gasteiger partial charge in [-0.2, -0.15) is 0 Å². The number of nitro benzene ring substituents is 1. The van der Waals surface area contributed by atoms with E-state index in [-0.39, 0.29) is 24.2 Å². The summed E-state index contributed by atoms with van der Waals surface area (Å²) in [4.78, 5) is 23.5. The normalized spacial score (nSPS) is 11.5. The monoisotopic (exact) mass is 368 g/mol. The Morgan fingerprint density at radius 1 is 1.08 bits per heavy atom. The largest absolute Gasteiger partial charge is 0.484 e. The third kappa shape index (κ3) is 4.46. The third-order valence-electron chi connectivity index (χ3n) is 3.68. The fraction of sp³-hybridized carbons (Fsp3) is 0.105. The lowest BCUT2D eigenvalue weighted by molar-refractivity contribution is -0.384. The zero-order valence-electron chi connectivity index (χ0n) is 13.7. The first-order valence-corrected chi connectivity index (χ1v) is 8.76. The number of thiophene rings is 1. The average Bonchev–Trinajstić information content (AvgIpc) is 3.20. The fourth-order valence-electron chi connectivity index (χ4n) is 2.44. The van der Waals surface area contributed by atoms with Crippen LogP contribution >= 0.6 is 11.3 Å². The van der Waals surface area contributed by atoms with Crippen molar-refractivity contribution in [2.75, 3.05) is 6.61 Å². The number of ether oxygens (including phenoxy) is 1. The van der Waals surface area contributed by atoms with Crippen molar-refractivity contribution in [3.05, 3.63) is 92.7 Å². The van der Waals surface area contributed by atoms with E-state index in [2.05, 4.69) is 5.32 Å². The molecule has 0 aliphatic carbocycles. The number of nitrogens with one attached hydrogen (secondary N) is 1. The second-order valence-electron chi connectivity index (χ2n) is 5.47. The van der Waals surface area contributed by atoms with Gasteiger partial charge in [0.1, 0.15) is 5.75 Å². The zero-order chi connectivity index (χ0) is 18.4. The lowest BCUT2D eigenvalue weighted by Crippen LogP contribution is -2.32. The van der Waals surface area contributed by atoms with Crippen molar-refractivity contribution < 1.29 is 14.5 Å². The quantitative estimate of drug-likeness (QED) is 0.506. The molecule has 3 aromatic rings. The van der Waals surface area contributed by atoms with Gasteiger partial charge in [-0.3, -0.25) is 14.9 Å².